The Bertz CT molecular complexity index is 533. The van der Waals surface area contributed by atoms with Crippen LogP contribution in [0.15, 0.2) is 36.4 Å². The van der Waals surface area contributed by atoms with E-state index in [1.54, 1.807) is 0 Å². The number of rotatable bonds is 3. The zero-order chi connectivity index (χ0) is 15.4. The summed E-state index contributed by atoms with van der Waals surface area (Å²) in [6.45, 7) is 4.55. The number of nitrogens with zero attached hydrogens (tertiary/aromatic N) is 2. The molecule has 0 bridgehead atoms. The van der Waals surface area contributed by atoms with Crippen LogP contribution in [0, 0.1) is 5.92 Å². The van der Waals surface area contributed by atoms with Gasteiger partial charge in [0.1, 0.15) is 0 Å². The Hall–Kier alpha value is -1.32. The van der Waals surface area contributed by atoms with E-state index in [9.17, 15) is 4.79 Å². The second-order valence-electron chi connectivity index (χ2n) is 6.21. The summed E-state index contributed by atoms with van der Waals surface area (Å²) in [5.41, 5.74) is 1.28. The van der Waals surface area contributed by atoms with Gasteiger partial charge < -0.3 is 4.90 Å². The molecule has 22 heavy (non-hydrogen) atoms. The van der Waals surface area contributed by atoms with Crippen LogP contribution in [0.4, 0.5) is 0 Å². The van der Waals surface area contributed by atoms with Crippen LogP contribution in [0.2, 0.25) is 5.02 Å². The topological polar surface area (TPSA) is 23.6 Å². The maximum Gasteiger partial charge on any atom is 0.226 e. The summed E-state index contributed by atoms with van der Waals surface area (Å²) in [5.74, 6) is 0.573. The van der Waals surface area contributed by atoms with Crippen LogP contribution in [0.3, 0.4) is 0 Å². The Morgan fingerprint density at radius 1 is 1.09 bits per heavy atom. The lowest BCUT2D eigenvalue weighted by molar-refractivity contribution is -0.137. The van der Waals surface area contributed by atoms with Gasteiger partial charge in [-0.15, -0.1) is 0 Å². The van der Waals surface area contributed by atoms with E-state index in [2.05, 4.69) is 34.1 Å². The van der Waals surface area contributed by atoms with Gasteiger partial charge in [0.15, 0.2) is 0 Å². The fourth-order valence-electron chi connectivity index (χ4n) is 3.25. The average Bonchev–Trinajstić information content (AvgIpc) is 2.58. The Morgan fingerprint density at radius 2 is 1.82 bits per heavy atom. The van der Waals surface area contributed by atoms with E-state index in [0.717, 1.165) is 57.0 Å². The molecule has 1 aliphatic heterocycles. The Labute approximate surface area is 137 Å². The van der Waals surface area contributed by atoms with E-state index < -0.39 is 0 Å². The third-order valence-electron chi connectivity index (χ3n) is 4.62. The molecular weight excluding hydrogens is 296 g/mol. The van der Waals surface area contributed by atoms with Crippen molar-refractivity contribution in [2.75, 3.05) is 26.2 Å². The summed E-state index contributed by atoms with van der Waals surface area (Å²) >= 11 is 5.92. The molecule has 1 heterocycles. The van der Waals surface area contributed by atoms with Crippen LogP contribution < -0.4 is 0 Å². The van der Waals surface area contributed by atoms with Crippen molar-refractivity contribution in [3.63, 3.8) is 0 Å². The van der Waals surface area contributed by atoms with Crippen LogP contribution in [0.25, 0.3) is 0 Å². The molecule has 3 rings (SSSR count). The van der Waals surface area contributed by atoms with Crippen molar-refractivity contribution in [2.24, 2.45) is 5.92 Å². The van der Waals surface area contributed by atoms with Crippen molar-refractivity contribution >= 4 is 17.5 Å². The maximum absolute atomic E-state index is 12.5. The number of hydrogen-bond donors (Lipinski definition) is 0. The standard InChI is InChI=1S/C18H23ClN2O/c19-17-8-6-15(7-9-17)14-20-10-12-21(13-11-20)18(22)16-4-2-1-3-5-16/h1-2,6-9,16H,3-5,10-14H2. The lowest BCUT2D eigenvalue weighted by Crippen LogP contribution is -2.50. The third-order valence-corrected chi connectivity index (χ3v) is 4.87. The van der Waals surface area contributed by atoms with E-state index in [1.165, 1.54) is 5.56 Å². The number of piperazine rings is 1. The summed E-state index contributed by atoms with van der Waals surface area (Å²) in [4.78, 5) is 17.0. The van der Waals surface area contributed by atoms with Gasteiger partial charge in [0.25, 0.3) is 0 Å². The van der Waals surface area contributed by atoms with Gasteiger partial charge in [-0.25, -0.2) is 0 Å². The SMILES string of the molecule is O=C(C1CC=CCC1)N1CCN(Cc2ccc(Cl)cc2)CC1. The third kappa shape index (κ3) is 3.90. The number of carbonyl (C=O) groups excluding carboxylic acids is 1. The van der Waals surface area contributed by atoms with Gasteiger partial charge in [-0.1, -0.05) is 35.9 Å². The monoisotopic (exact) mass is 318 g/mol. The minimum atomic E-state index is 0.216. The first kappa shape index (κ1) is 15.6. The molecule has 4 heteroatoms. The smallest absolute Gasteiger partial charge is 0.226 e. The maximum atomic E-state index is 12.5. The fraction of sp³-hybridized carbons (Fsp3) is 0.500. The van der Waals surface area contributed by atoms with Crippen molar-refractivity contribution in [3.8, 4) is 0 Å². The molecular formula is C18H23ClN2O. The van der Waals surface area contributed by atoms with Crippen molar-refractivity contribution in [1.29, 1.82) is 0 Å². The van der Waals surface area contributed by atoms with E-state index >= 15 is 0 Å². The van der Waals surface area contributed by atoms with Crippen LogP contribution >= 0.6 is 11.6 Å². The average molecular weight is 319 g/mol. The Morgan fingerprint density at radius 3 is 2.45 bits per heavy atom. The number of hydrogen-bond acceptors (Lipinski definition) is 2. The quantitative estimate of drug-likeness (QED) is 0.798. The molecule has 0 aromatic heterocycles. The van der Waals surface area contributed by atoms with E-state index in [-0.39, 0.29) is 5.92 Å². The van der Waals surface area contributed by atoms with Gasteiger partial charge in [-0.3, -0.25) is 9.69 Å². The normalized spacial score (nSPS) is 22.8. The van der Waals surface area contributed by atoms with E-state index in [4.69, 9.17) is 11.6 Å². The Balaban J connectivity index is 1.48. The molecule has 1 amide bonds. The minimum absolute atomic E-state index is 0.216. The highest BCUT2D eigenvalue weighted by Crippen LogP contribution is 2.21. The first-order valence-corrected chi connectivity index (χ1v) is 8.51. The largest absolute Gasteiger partial charge is 0.340 e. The molecule has 1 fully saturated rings. The highest BCUT2D eigenvalue weighted by Gasteiger charge is 2.27. The summed E-state index contributed by atoms with van der Waals surface area (Å²) in [7, 11) is 0. The van der Waals surface area contributed by atoms with Crippen LogP contribution in [-0.2, 0) is 11.3 Å². The highest BCUT2D eigenvalue weighted by molar-refractivity contribution is 6.30. The molecule has 1 aliphatic carbocycles. The lowest BCUT2D eigenvalue weighted by Gasteiger charge is -2.36. The Kier molecular flexibility index (Phi) is 5.16. The van der Waals surface area contributed by atoms with Gasteiger partial charge in [0.05, 0.1) is 0 Å². The number of allylic oxidation sites excluding steroid dienone is 2. The summed E-state index contributed by atoms with van der Waals surface area (Å²) in [5, 5.41) is 0.778. The lowest BCUT2D eigenvalue weighted by atomic mass is 9.93. The zero-order valence-corrected chi connectivity index (χ0v) is 13.6. The molecule has 1 aromatic rings. The second-order valence-corrected chi connectivity index (χ2v) is 6.65. The molecule has 0 spiro atoms. The molecule has 3 nitrogen and oxygen atoms in total. The van der Waals surface area contributed by atoms with Crippen molar-refractivity contribution in [2.45, 2.75) is 25.8 Å². The van der Waals surface area contributed by atoms with Gasteiger partial charge >= 0.3 is 0 Å². The zero-order valence-electron chi connectivity index (χ0n) is 12.9. The van der Waals surface area contributed by atoms with Gasteiger partial charge in [0.2, 0.25) is 5.91 Å². The molecule has 1 saturated heterocycles. The number of carbonyl (C=O) groups is 1. The molecule has 1 unspecified atom stereocenters. The summed E-state index contributed by atoms with van der Waals surface area (Å²) in [6, 6.07) is 8.03. The van der Waals surface area contributed by atoms with Crippen LogP contribution in [-0.4, -0.2) is 41.9 Å². The molecule has 0 radical (unpaired) electrons. The second kappa shape index (κ2) is 7.30. The molecule has 118 valence electrons. The van der Waals surface area contributed by atoms with E-state index in [0.29, 0.717) is 5.91 Å². The molecule has 0 N–H and O–H groups in total. The predicted molar refractivity (Wildman–Crippen MR) is 89.8 cm³/mol. The van der Waals surface area contributed by atoms with Crippen molar-refractivity contribution in [1.82, 2.24) is 9.80 Å². The fourth-order valence-corrected chi connectivity index (χ4v) is 3.38. The van der Waals surface area contributed by atoms with Gasteiger partial charge in [-0.05, 0) is 37.0 Å². The minimum Gasteiger partial charge on any atom is -0.340 e. The molecule has 2 aliphatic rings. The highest BCUT2D eigenvalue weighted by atomic mass is 35.5. The van der Waals surface area contributed by atoms with Crippen molar-refractivity contribution < 1.29 is 4.79 Å². The van der Waals surface area contributed by atoms with Gasteiger partial charge in [-0.2, -0.15) is 0 Å². The summed E-state index contributed by atoms with van der Waals surface area (Å²) in [6.07, 6.45) is 7.33. The number of amides is 1. The summed E-state index contributed by atoms with van der Waals surface area (Å²) < 4.78 is 0. The number of benzene rings is 1. The predicted octanol–water partition coefficient (Wildman–Crippen LogP) is 3.34. The first-order chi connectivity index (χ1) is 10.7. The van der Waals surface area contributed by atoms with Gasteiger partial charge in [0, 0.05) is 43.7 Å². The number of halogens is 1. The molecule has 0 saturated carbocycles. The first-order valence-electron chi connectivity index (χ1n) is 8.13. The molecule has 1 aromatic carbocycles. The van der Waals surface area contributed by atoms with Crippen LogP contribution in [0.5, 0.6) is 0 Å². The van der Waals surface area contributed by atoms with Crippen LogP contribution in [0.1, 0.15) is 24.8 Å². The van der Waals surface area contributed by atoms with E-state index in [1.807, 2.05) is 12.1 Å². The molecule has 1 atom stereocenters. The van der Waals surface area contributed by atoms with Crippen molar-refractivity contribution in [3.05, 3.63) is 47.0 Å².